The van der Waals surface area contributed by atoms with Crippen LogP contribution in [-0.2, 0) is 4.79 Å². The van der Waals surface area contributed by atoms with Crippen molar-refractivity contribution in [2.24, 2.45) is 11.0 Å². The topological polar surface area (TPSA) is 41.5 Å². The van der Waals surface area contributed by atoms with Gasteiger partial charge >= 0.3 is 0 Å². The van der Waals surface area contributed by atoms with Crippen LogP contribution in [0.25, 0.3) is 0 Å². The molecular weight excluding hydrogens is 284 g/mol. The highest BCUT2D eigenvalue weighted by Gasteiger charge is 1.99. The Kier molecular flexibility index (Phi) is 10.9. The van der Waals surface area contributed by atoms with Gasteiger partial charge in [-0.15, -0.1) is 0 Å². The fraction of sp³-hybridized carbons (Fsp3) is 0.600. The summed E-state index contributed by atoms with van der Waals surface area (Å²) in [4.78, 5) is 11.6. The molecule has 0 aliphatic heterocycles. The highest BCUT2D eigenvalue weighted by molar-refractivity contribution is 5.82. The van der Waals surface area contributed by atoms with E-state index in [-0.39, 0.29) is 5.91 Å². The van der Waals surface area contributed by atoms with Crippen molar-refractivity contribution < 1.29 is 4.79 Å². The molecule has 1 aromatic rings. The number of carbonyl (C=O) groups excluding carboxylic acids is 1. The Morgan fingerprint density at radius 3 is 2.26 bits per heavy atom. The van der Waals surface area contributed by atoms with E-state index in [9.17, 15) is 4.79 Å². The number of amides is 1. The van der Waals surface area contributed by atoms with E-state index >= 15 is 0 Å². The average Bonchev–Trinajstić information content (AvgIpc) is 2.54. The van der Waals surface area contributed by atoms with Gasteiger partial charge in [0.15, 0.2) is 0 Å². The molecule has 0 aromatic heterocycles. The number of rotatable bonds is 12. The Morgan fingerprint density at radius 1 is 1.00 bits per heavy atom. The molecule has 3 nitrogen and oxygen atoms in total. The van der Waals surface area contributed by atoms with E-state index in [1.165, 1.54) is 38.5 Å². The van der Waals surface area contributed by atoms with Gasteiger partial charge in [0.2, 0.25) is 5.91 Å². The maximum absolute atomic E-state index is 11.6. The molecule has 0 spiro atoms. The van der Waals surface area contributed by atoms with Crippen LogP contribution in [0.15, 0.2) is 35.4 Å². The van der Waals surface area contributed by atoms with E-state index in [2.05, 4.69) is 24.4 Å². The molecule has 1 rings (SSSR count). The molecule has 1 N–H and O–H groups in total. The first-order valence-electron chi connectivity index (χ1n) is 9.05. The largest absolute Gasteiger partial charge is 0.273 e. The number of hydrazone groups is 1. The second kappa shape index (κ2) is 12.9. The van der Waals surface area contributed by atoms with Crippen molar-refractivity contribution in [3.8, 4) is 0 Å². The van der Waals surface area contributed by atoms with Crippen LogP contribution in [0.3, 0.4) is 0 Å². The predicted octanol–water partition coefficient (Wildman–Crippen LogP) is 5.30. The molecule has 1 amide bonds. The van der Waals surface area contributed by atoms with Gasteiger partial charge in [0.05, 0.1) is 6.21 Å². The van der Waals surface area contributed by atoms with Gasteiger partial charge in [-0.3, -0.25) is 4.79 Å². The molecule has 0 aliphatic carbocycles. The summed E-state index contributed by atoms with van der Waals surface area (Å²) in [6.07, 6.45) is 12.3. The van der Waals surface area contributed by atoms with E-state index in [1.54, 1.807) is 6.21 Å². The lowest BCUT2D eigenvalue weighted by atomic mass is 10.0. The van der Waals surface area contributed by atoms with Crippen molar-refractivity contribution in [3.63, 3.8) is 0 Å². The van der Waals surface area contributed by atoms with Gasteiger partial charge in [0, 0.05) is 6.42 Å². The first-order valence-corrected chi connectivity index (χ1v) is 9.05. The third kappa shape index (κ3) is 11.6. The lowest BCUT2D eigenvalue weighted by molar-refractivity contribution is -0.121. The Balaban J connectivity index is 1.93. The number of hydrogen-bond donors (Lipinski definition) is 1. The van der Waals surface area contributed by atoms with E-state index in [4.69, 9.17) is 0 Å². The van der Waals surface area contributed by atoms with Crippen LogP contribution < -0.4 is 5.43 Å². The molecule has 23 heavy (non-hydrogen) atoms. The van der Waals surface area contributed by atoms with Crippen LogP contribution in [-0.4, -0.2) is 12.1 Å². The number of unbranched alkanes of at least 4 members (excludes halogenated alkanes) is 6. The summed E-state index contributed by atoms with van der Waals surface area (Å²) in [5.74, 6) is 0.840. The average molecular weight is 316 g/mol. The molecular formula is C20H32N2O. The lowest BCUT2D eigenvalue weighted by Gasteiger charge is -2.04. The van der Waals surface area contributed by atoms with Crippen LogP contribution in [0.5, 0.6) is 0 Å². The number of benzene rings is 1. The predicted molar refractivity (Wildman–Crippen MR) is 98.6 cm³/mol. The molecule has 1 aromatic carbocycles. The van der Waals surface area contributed by atoms with Gasteiger partial charge in [0.25, 0.3) is 0 Å². The van der Waals surface area contributed by atoms with Gasteiger partial charge < -0.3 is 0 Å². The molecule has 0 aliphatic rings. The molecule has 0 radical (unpaired) electrons. The fourth-order valence-electron chi connectivity index (χ4n) is 2.50. The molecule has 0 saturated carbocycles. The third-order valence-corrected chi connectivity index (χ3v) is 3.89. The summed E-state index contributed by atoms with van der Waals surface area (Å²) in [5, 5.41) is 3.98. The van der Waals surface area contributed by atoms with E-state index in [0.29, 0.717) is 6.42 Å². The van der Waals surface area contributed by atoms with Crippen LogP contribution >= 0.6 is 0 Å². The minimum Gasteiger partial charge on any atom is -0.273 e. The van der Waals surface area contributed by atoms with Crippen molar-refractivity contribution in [3.05, 3.63) is 35.9 Å². The monoisotopic (exact) mass is 316 g/mol. The number of nitrogens with one attached hydrogen (secondary N) is 1. The maximum Gasteiger partial charge on any atom is 0.240 e. The lowest BCUT2D eigenvalue weighted by Crippen LogP contribution is -2.16. The van der Waals surface area contributed by atoms with Crippen molar-refractivity contribution in [2.75, 3.05) is 0 Å². The van der Waals surface area contributed by atoms with E-state index in [1.807, 2.05) is 30.3 Å². The van der Waals surface area contributed by atoms with Crippen LogP contribution in [0.2, 0.25) is 0 Å². The first-order chi connectivity index (χ1) is 11.2. The van der Waals surface area contributed by atoms with Crippen molar-refractivity contribution in [2.45, 2.75) is 71.6 Å². The zero-order chi connectivity index (χ0) is 16.8. The molecule has 0 atom stereocenters. The number of carbonyl (C=O) groups is 1. The highest BCUT2D eigenvalue weighted by Crippen LogP contribution is 2.12. The Bertz CT molecular complexity index is 440. The second-order valence-electron chi connectivity index (χ2n) is 6.61. The van der Waals surface area contributed by atoms with Crippen LogP contribution in [0, 0.1) is 5.92 Å². The summed E-state index contributed by atoms with van der Waals surface area (Å²) >= 11 is 0. The van der Waals surface area contributed by atoms with Gasteiger partial charge in [-0.1, -0.05) is 89.1 Å². The van der Waals surface area contributed by atoms with Gasteiger partial charge in [-0.2, -0.15) is 5.10 Å². The molecule has 0 fully saturated rings. The Labute approximate surface area is 141 Å². The minimum absolute atomic E-state index is 0.00844. The number of hydrogen-bond acceptors (Lipinski definition) is 2. The van der Waals surface area contributed by atoms with Crippen molar-refractivity contribution in [1.82, 2.24) is 5.43 Å². The summed E-state index contributed by atoms with van der Waals surface area (Å²) in [6.45, 7) is 4.57. The fourth-order valence-corrected chi connectivity index (χ4v) is 2.50. The van der Waals surface area contributed by atoms with Crippen molar-refractivity contribution >= 4 is 12.1 Å². The Morgan fingerprint density at radius 2 is 1.61 bits per heavy atom. The van der Waals surface area contributed by atoms with Crippen molar-refractivity contribution in [1.29, 1.82) is 0 Å². The molecule has 3 heteroatoms. The normalized spacial score (nSPS) is 11.3. The quantitative estimate of drug-likeness (QED) is 0.317. The molecule has 0 bridgehead atoms. The molecule has 0 unspecified atom stereocenters. The molecule has 128 valence electrons. The van der Waals surface area contributed by atoms with Crippen LogP contribution in [0.4, 0.5) is 0 Å². The SMILES string of the molecule is CC(C)CCCCCCCCCC(=O)NN=Cc1ccccc1. The molecule has 0 heterocycles. The Hall–Kier alpha value is -1.64. The summed E-state index contributed by atoms with van der Waals surface area (Å²) in [6, 6.07) is 9.77. The summed E-state index contributed by atoms with van der Waals surface area (Å²) < 4.78 is 0. The van der Waals surface area contributed by atoms with E-state index in [0.717, 1.165) is 24.3 Å². The van der Waals surface area contributed by atoms with Crippen LogP contribution in [0.1, 0.15) is 77.2 Å². The number of nitrogens with zero attached hydrogens (tertiary/aromatic N) is 1. The van der Waals surface area contributed by atoms with Gasteiger partial charge in [0.1, 0.15) is 0 Å². The molecule has 0 saturated heterocycles. The second-order valence-corrected chi connectivity index (χ2v) is 6.61. The zero-order valence-corrected chi connectivity index (χ0v) is 14.8. The first kappa shape index (κ1) is 19.4. The highest BCUT2D eigenvalue weighted by atomic mass is 16.2. The zero-order valence-electron chi connectivity index (χ0n) is 14.8. The summed E-state index contributed by atoms with van der Waals surface area (Å²) in [7, 11) is 0. The third-order valence-electron chi connectivity index (χ3n) is 3.89. The smallest absolute Gasteiger partial charge is 0.240 e. The van der Waals surface area contributed by atoms with Gasteiger partial charge in [-0.25, -0.2) is 5.43 Å². The summed E-state index contributed by atoms with van der Waals surface area (Å²) in [5.41, 5.74) is 3.58. The van der Waals surface area contributed by atoms with Gasteiger partial charge in [-0.05, 0) is 17.9 Å². The van der Waals surface area contributed by atoms with E-state index < -0.39 is 0 Å². The minimum atomic E-state index is 0.00844. The maximum atomic E-state index is 11.6. The standard InChI is InChI=1S/C20H32N2O/c1-18(2)13-9-6-4-3-5-7-12-16-20(23)22-21-17-19-14-10-8-11-15-19/h8,10-11,14-15,17-18H,3-7,9,12-13,16H2,1-2H3,(H,22,23).